The second-order valence-electron chi connectivity index (χ2n) is 5.89. The van der Waals surface area contributed by atoms with E-state index >= 15 is 0 Å². The molecule has 0 bridgehead atoms. The number of nitrogens with zero attached hydrogens (tertiary/aromatic N) is 3. The predicted molar refractivity (Wildman–Crippen MR) is 88.6 cm³/mol. The van der Waals surface area contributed by atoms with E-state index in [9.17, 15) is 9.59 Å². The number of nitrogens with one attached hydrogen (secondary N) is 1. The standard InChI is InChI=1S/C17H18N4O3/c1-11(2)14(10-21-18-7-8-19-21)20-16(22)13-9-12-5-3-4-6-15(12)24-17(13)23/h3-9,11,14H,10H2,1-2H3,(H,20,22)/t14-/m0/s1. The minimum absolute atomic E-state index is 0.00669. The molecule has 3 aromatic rings. The predicted octanol–water partition coefficient (Wildman–Crippen LogP) is 1.84. The molecule has 0 spiro atoms. The normalized spacial score (nSPS) is 12.5. The Bertz CT molecular complexity index is 900. The fraction of sp³-hybridized carbons (Fsp3) is 0.294. The number of aromatic nitrogens is 3. The summed E-state index contributed by atoms with van der Waals surface area (Å²) in [5, 5.41) is 11.7. The third-order valence-corrected chi connectivity index (χ3v) is 3.83. The maximum Gasteiger partial charge on any atom is 0.349 e. The molecule has 1 amide bonds. The van der Waals surface area contributed by atoms with Gasteiger partial charge in [0.2, 0.25) is 0 Å². The molecule has 0 radical (unpaired) electrons. The van der Waals surface area contributed by atoms with Crippen LogP contribution >= 0.6 is 0 Å². The Labute approximate surface area is 138 Å². The molecule has 0 aliphatic rings. The van der Waals surface area contributed by atoms with Crippen molar-refractivity contribution < 1.29 is 9.21 Å². The van der Waals surface area contributed by atoms with Crippen LogP contribution in [0.25, 0.3) is 11.0 Å². The Balaban J connectivity index is 1.85. The minimum atomic E-state index is -0.647. The lowest BCUT2D eigenvalue weighted by Gasteiger charge is -2.21. The van der Waals surface area contributed by atoms with Crippen LogP contribution in [-0.4, -0.2) is 26.9 Å². The minimum Gasteiger partial charge on any atom is -0.422 e. The van der Waals surface area contributed by atoms with Gasteiger partial charge in [-0.1, -0.05) is 32.0 Å². The van der Waals surface area contributed by atoms with Gasteiger partial charge in [-0.15, -0.1) is 0 Å². The van der Waals surface area contributed by atoms with E-state index in [1.54, 1.807) is 36.7 Å². The van der Waals surface area contributed by atoms with E-state index < -0.39 is 11.5 Å². The van der Waals surface area contributed by atoms with Crippen LogP contribution in [0.2, 0.25) is 0 Å². The number of para-hydroxylation sites is 1. The van der Waals surface area contributed by atoms with Crippen molar-refractivity contribution in [3.63, 3.8) is 0 Å². The van der Waals surface area contributed by atoms with E-state index in [4.69, 9.17) is 4.42 Å². The number of carbonyl (C=O) groups excluding carboxylic acids is 1. The van der Waals surface area contributed by atoms with Crippen LogP contribution in [0, 0.1) is 5.92 Å². The van der Waals surface area contributed by atoms with E-state index in [0.717, 1.165) is 0 Å². The molecule has 24 heavy (non-hydrogen) atoms. The van der Waals surface area contributed by atoms with Crippen LogP contribution in [0.5, 0.6) is 0 Å². The number of benzene rings is 1. The molecule has 2 aromatic heterocycles. The number of hydrogen-bond donors (Lipinski definition) is 1. The van der Waals surface area contributed by atoms with Gasteiger partial charge >= 0.3 is 5.63 Å². The SMILES string of the molecule is CC(C)[C@H](Cn1nccn1)NC(=O)c1cc2ccccc2oc1=O. The van der Waals surface area contributed by atoms with Crippen molar-refractivity contribution in [1.29, 1.82) is 0 Å². The number of fused-ring (bicyclic) bond motifs is 1. The Hall–Kier alpha value is -2.96. The van der Waals surface area contributed by atoms with Crippen molar-refractivity contribution >= 4 is 16.9 Å². The van der Waals surface area contributed by atoms with Gasteiger partial charge in [0.15, 0.2) is 0 Å². The Morgan fingerprint density at radius 1 is 1.25 bits per heavy atom. The topological polar surface area (TPSA) is 90.0 Å². The highest BCUT2D eigenvalue weighted by Gasteiger charge is 2.21. The largest absolute Gasteiger partial charge is 0.422 e. The molecule has 0 aliphatic heterocycles. The highest BCUT2D eigenvalue weighted by molar-refractivity contribution is 5.96. The van der Waals surface area contributed by atoms with Crippen LogP contribution in [0.3, 0.4) is 0 Å². The van der Waals surface area contributed by atoms with Gasteiger partial charge in [0, 0.05) is 5.39 Å². The third kappa shape index (κ3) is 3.34. The number of rotatable bonds is 5. The smallest absolute Gasteiger partial charge is 0.349 e. The number of carbonyl (C=O) groups is 1. The molecular weight excluding hydrogens is 308 g/mol. The lowest BCUT2D eigenvalue weighted by Crippen LogP contribution is -2.43. The van der Waals surface area contributed by atoms with Crippen LogP contribution < -0.4 is 10.9 Å². The number of amides is 1. The Morgan fingerprint density at radius 3 is 2.67 bits per heavy atom. The van der Waals surface area contributed by atoms with E-state index in [1.165, 1.54) is 4.80 Å². The molecule has 124 valence electrons. The first-order chi connectivity index (χ1) is 11.5. The van der Waals surface area contributed by atoms with E-state index in [1.807, 2.05) is 19.9 Å². The summed E-state index contributed by atoms with van der Waals surface area (Å²) in [5.74, 6) is -0.312. The van der Waals surface area contributed by atoms with Crippen molar-refractivity contribution in [3.8, 4) is 0 Å². The van der Waals surface area contributed by atoms with Gasteiger partial charge in [0.1, 0.15) is 11.1 Å². The van der Waals surface area contributed by atoms with Crippen molar-refractivity contribution in [3.05, 3.63) is 58.7 Å². The lowest BCUT2D eigenvalue weighted by atomic mass is 10.0. The molecule has 1 atom stereocenters. The fourth-order valence-electron chi connectivity index (χ4n) is 2.40. The zero-order valence-electron chi connectivity index (χ0n) is 13.5. The van der Waals surface area contributed by atoms with Gasteiger partial charge in [-0.05, 0) is 18.1 Å². The van der Waals surface area contributed by atoms with Crippen LogP contribution in [0.15, 0.2) is 51.9 Å². The van der Waals surface area contributed by atoms with Crippen molar-refractivity contribution in [2.75, 3.05) is 0 Å². The highest BCUT2D eigenvalue weighted by atomic mass is 16.4. The zero-order valence-corrected chi connectivity index (χ0v) is 13.5. The molecule has 0 saturated heterocycles. The van der Waals surface area contributed by atoms with E-state index in [2.05, 4.69) is 15.5 Å². The fourth-order valence-corrected chi connectivity index (χ4v) is 2.40. The van der Waals surface area contributed by atoms with Gasteiger partial charge in [-0.2, -0.15) is 15.0 Å². The molecule has 7 nitrogen and oxygen atoms in total. The molecule has 0 saturated carbocycles. The molecular formula is C17H18N4O3. The summed E-state index contributed by atoms with van der Waals surface area (Å²) in [6, 6.07) is 8.43. The average molecular weight is 326 g/mol. The van der Waals surface area contributed by atoms with Crippen molar-refractivity contribution in [1.82, 2.24) is 20.3 Å². The third-order valence-electron chi connectivity index (χ3n) is 3.83. The first-order valence-electron chi connectivity index (χ1n) is 7.72. The van der Waals surface area contributed by atoms with Gasteiger partial charge in [-0.25, -0.2) is 4.79 Å². The summed E-state index contributed by atoms with van der Waals surface area (Å²) in [7, 11) is 0. The van der Waals surface area contributed by atoms with Crippen molar-refractivity contribution in [2.24, 2.45) is 5.92 Å². The summed E-state index contributed by atoms with van der Waals surface area (Å²) in [6.07, 6.45) is 3.16. The highest BCUT2D eigenvalue weighted by Crippen LogP contribution is 2.13. The summed E-state index contributed by atoms with van der Waals surface area (Å²) in [6.45, 7) is 4.39. The molecule has 0 fully saturated rings. The van der Waals surface area contributed by atoms with E-state index in [-0.39, 0.29) is 17.5 Å². The number of hydrogen-bond acceptors (Lipinski definition) is 5. The Kier molecular flexibility index (Phi) is 4.41. The molecule has 1 N–H and O–H groups in total. The van der Waals surface area contributed by atoms with Gasteiger partial charge in [-0.3, -0.25) is 4.79 Å². The molecule has 2 heterocycles. The monoisotopic (exact) mass is 326 g/mol. The van der Waals surface area contributed by atoms with Crippen molar-refractivity contribution in [2.45, 2.75) is 26.4 Å². The average Bonchev–Trinajstić information content (AvgIpc) is 3.06. The van der Waals surface area contributed by atoms with Crippen LogP contribution in [0.1, 0.15) is 24.2 Å². The molecule has 7 heteroatoms. The molecule has 0 unspecified atom stereocenters. The first-order valence-corrected chi connectivity index (χ1v) is 7.72. The van der Waals surface area contributed by atoms with Gasteiger partial charge in [0.05, 0.1) is 25.0 Å². The second-order valence-corrected chi connectivity index (χ2v) is 5.89. The Morgan fingerprint density at radius 2 is 1.96 bits per heavy atom. The van der Waals surface area contributed by atoms with E-state index in [0.29, 0.717) is 17.5 Å². The summed E-state index contributed by atoms with van der Waals surface area (Å²) in [5.41, 5.74) is -0.195. The van der Waals surface area contributed by atoms with Crippen LogP contribution in [0.4, 0.5) is 0 Å². The first kappa shape index (κ1) is 15.9. The molecule has 3 rings (SSSR count). The molecule has 0 aliphatic carbocycles. The van der Waals surface area contributed by atoms with Gasteiger partial charge < -0.3 is 9.73 Å². The maximum absolute atomic E-state index is 12.5. The summed E-state index contributed by atoms with van der Waals surface area (Å²) in [4.78, 5) is 26.1. The lowest BCUT2D eigenvalue weighted by molar-refractivity contribution is 0.0914. The second kappa shape index (κ2) is 6.66. The summed E-state index contributed by atoms with van der Waals surface area (Å²) < 4.78 is 5.22. The van der Waals surface area contributed by atoms with Crippen LogP contribution in [-0.2, 0) is 6.54 Å². The zero-order chi connectivity index (χ0) is 17.1. The maximum atomic E-state index is 12.5. The quantitative estimate of drug-likeness (QED) is 0.723. The summed E-state index contributed by atoms with van der Waals surface area (Å²) >= 11 is 0. The molecule has 1 aromatic carbocycles. The van der Waals surface area contributed by atoms with Gasteiger partial charge in [0.25, 0.3) is 5.91 Å².